The standard InChI is InChI=1S/C9H11ClN2O/c10-9-3-1-8(2-4-9)5-6-12(11)7-13/h1-4,7H,5-6,11H2. The summed E-state index contributed by atoms with van der Waals surface area (Å²) in [6, 6.07) is 7.47. The van der Waals surface area contributed by atoms with Crippen molar-refractivity contribution in [1.29, 1.82) is 0 Å². The van der Waals surface area contributed by atoms with Crippen molar-refractivity contribution < 1.29 is 4.79 Å². The van der Waals surface area contributed by atoms with Crippen LogP contribution in [0.1, 0.15) is 5.56 Å². The molecule has 0 saturated carbocycles. The topological polar surface area (TPSA) is 46.3 Å². The van der Waals surface area contributed by atoms with Crippen LogP contribution in [0.3, 0.4) is 0 Å². The molecular formula is C9H11ClN2O. The normalized spacial score (nSPS) is 9.69. The minimum atomic E-state index is 0.519. The predicted octanol–water partition coefficient (Wildman–Crippen LogP) is 1.21. The third kappa shape index (κ3) is 3.44. The number of nitrogens with two attached hydrogens (primary N) is 1. The van der Waals surface area contributed by atoms with Crippen molar-refractivity contribution >= 4 is 18.0 Å². The fourth-order valence-electron chi connectivity index (χ4n) is 0.962. The Morgan fingerprint density at radius 3 is 2.54 bits per heavy atom. The second-order valence-electron chi connectivity index (χ2n) is 2.72. The summed E-state index contributed by atoms with van der Waals surface area (Å²) in [4.78, 5) is 10.2. The predicted molar refractivity (Wildman–Crippen MR) is 52.1 cm³/mol. The zero-order chi connectivity index (χ0) is 9.68. The number of hydrazine groups is 1. The number of amides is 1. The lowest BCUT2D eigenvalue weighted by molar-refractivity contribution is -0.118. The van der Waals surface area contributed by atoms with Gasteiger partial charge in [-0.2, -0.15) is 0 Å². The third-order valence-corrected chi connectivity index (χ3v) is 1.96. The van der Waals surface area contributed by atoms with E-state index >= 15 is 0 Å². The van der Waals surface area contributed by atoms with Gasteiger partial charge in [-0.15, -0.1) is 0 Å². The van der Waals surface area contributed by atoms with Crippen LogP contribution in [0, 0.1) is 0 Å². The summed E-state index contributed by atoms with van der Waals surface area (Å²) < 4.78 is 0. The van der Waals surface area contributed by atoms with E-state index in [1.165, 1.54) is 0 Å². The Labute approximate surface area is 82.1 Å². The molecule has 2 N–H and O–H groups in total. The molecular weight excluding hydrogens is 188 g/mol. The first-order chi connectivity index (χ1) is 6.22. The lowest BCUT2D eigenvalue weighted by Gasteiger charge is -2.09. The van der Waals surface area contributed by atoms with Crippen molar-refractivity contribution in [1.82, 2.24) is 5.01 Å². The van der Waals surface area contributed by atoms with Crippen molar-refractivity contribution in [2.24, 2.45) is 5.84 Å². The molecule has 0 aliphatic rings. The molecule has 0 atom stereocenters. The maximum absolute atomic E-state index is 10.2. The average Bonchev–Trinajstić information content (AvgIpc) is 2.16. The second-order valence-corrected chi connectivity index (χ2v) is 3.16. The fraction of sp³-hybridized carbons (Fsp3) is 0.222. The Morgan fingerprint density at radius 2 is 2.00 bits per heavy atom. The molecule has 0 radical (unpaired) electrons. The molecule has 3 nitrogen and oxygen atoms in total. The Hall–Kier alpha value is -1.06. The molecule has 0 aliphatic heterocycles. The van der Waals surface area contributed by atoms with Crippen LogP contribution in [0.5, 0.6) is 0 Å². The number of nitrogens with zero attached hydrogens (tertiary/aromatic N) is 1. The van der Waals surface area contributed by atoms with Gasteiger partial charge in [-0.3, -0.25) is 9.80 Å². The van der Waals surface area contributed by atoms with E-state index in [1.807, 2.05) is 24.3 Å². The highest BCUT2D eigenvalue weighted by Crippen LogP contribution is 2.09. The van der Waals surface area contributed by atoms with Gasteiger partial charge in [-0.1, -0.05) is 23.7 Å². The number of hydrogen-bond donors (Lipinski definition) is 1. The SMILES string of the molecule is NN(C=O)CCc1ccc(Cl)cc1. The van der Waals surface area contributed by atoms with Crippen molar-refractivity contribution in [2.45, 2.75) is 6.42 Å². The number of hydrogen-bond acceptors (Lipinski definition) is 2. The molecule has 0 saturated heterocycles. The largest absolute Gasteiger partial charge is 0.283 e. The van der Waals surface area contributed by atoms with Crippen LogP contribution in [0.15, 0.2) is 24.3 Å². The molecule has 13 heavy (non-hydrogen) atoms. The Bertz CT molecular complexity index is 273. The van der Waals surface area contributed by atoms with Crippen LogP contribution in [0.4, 0.5) is 0 Å². The van der Waals surface area contributed by atoms with Crippen LogP contribution >= 0.6 is 11.6 Å². The van der Waals surface area contributed by atoms with E-state index in [4.69, 9.17) is 17.4 Å². The molecule has 0 aliphatic carbocycles. The molecule has 1 aromatic carbocycles. The molecule has 0 heterocycles. The zero-order valence-corrected chi connectivity index (χ0v) is 7.87. The summed E-state index contributed by atoms with van der Waals surface area (Å²) in [6.07, 6.45) is 1.35. The number of carbonyl (C=O) groups is 1. The summed E-state index contributed by atoms with van der Waals surface area (Å²) >= 11 is 5.71. The molecule has 0 spiro atoms. The number of carbonyl (C=O) groups excluding carboxylic acids is 1. The van der Waals surface area contributed by atoms with Gasteiger partial charge in [0.15, 0.2) is 0 Å². The summed E-state index contributed by atoms with van der Waals surface area (Å²) in [6.45, 7) is 0.519. The molecule has 4 heteroatoms. The van der Waals surface area contributed by atoms with E-state index in [0.717, 1.165) is 17.0 Å². The highest BCUT2D eigenvalue weighted by molar-refractivity contribution is 6.30. The smallest absolute Gasteiger partial charge is 0.223 e. The lowest BCUT2D eigenvalue weighted by Crippen LogP contribution is -2.31. The van der Waals surface area contributed by atoms with E-state index in [1.54, 1.807) is 0 Å². The van der Waals surface area contributed by atoms with Gasteiger partial charge < -0.3 is 0 Å². The average molecular weight is 199 g/mol. The van der Waals surface area contributed by atoms with Gasteiger partial charge in [0.25, 0.3) is 0 Å². The zero-order valence-electron chi connectivity index (χ0n) is 7.11. The van der Waals surface area contributed by atoms with Gasteiger partial charge >= 0.3 is 0 Å². The monoisotopic (exact) mass is 198 g/mol. The molecule has 1 rings (SSSR count). The summed E-state index contributed by atoms with van der Waals surface area (Å²) in [5.74, 6) is 5.29. The van der Waals surface area contributed by atoms with Crippen LogP contribution in [-0.4, -0.2) is 18.0 Å². The minimum Gasteiger partial charge on any atom is -0.283 e. The van der Waals surface area contributed by atoms with Gasteiger partial charge in [-0.05, 0) is 24.1 Å². The Morgan fingerprint density at radius 1 is 1.38 bits per heavy atom. The van der Waals surface area contributed by atoms with E-state index < -0.39 is 0 Å². The van der Waals surface area contributed by atoms with Gasteiger partial charge in [-0.25, -0.2) is 5.84 Å². The first kappa shape index (κ1) is 10.0. The second kappa shape index (κ2) is 4.84. The molecule has 0 bridgehead atoms. The van der Waals surface area contributed by atoms with Gasteiger partial charge in [0.05, 0.1) is 0 Å². The van der Waals surface area contributed by atoms with Crippen LogP contribution in [0.25, 0.3) is 0 Å². The van der Waals surface area contributed by atoms with Crippen LogP contribution in [-0.2, 0) is 11.2 Å². The van der Waals surface area contributed by atoms with Crippen molar-refractivity contribution in [3.8, 4) is 0 Å². The Balaban J connectivity index is 2.45. The quantitative estimate of drug-likeness (QED) is 0.342. The van der Waals surface area contributed by atoms with Crippen molar-refractivity contribution in [2.75, 3.05) is 6.54 Å². The van der Waals surface area contributed by atoms with Crippen molar-refractivity contribution in [3.63, 3.8) is 0 Å². The fourth-order valence-corrected chi connectivity index (χ4v) is 1.09. The van der Waals surface area contributed by atoms with E-state index in [0.29, 0.717) is 18.0 Å². The first-order valence-electron chi connectivity index (χ1n) is 3.93. The van der Waals surface area contributed by atoms with E-state index in [2.05, 4.69) is 0 Å². The van der Waals surface area contributed by atoms with Crippen LogP contribution < -0.4 is 5.84 Å². The van der Waals surface area contributed by atoms with Gasteiger partial charge in [0, 0.05) is 11.6 Å². The Kier molecular flexibility index (Phi) is 3.73. The lowest BCUT2D eigenvalue weighted by atomic mass is 10.1. The summed E-state index contributed by atoms with van der Waals surface area (Å²) in [5, 5.41) is 1.83. The summed E-state index contributed by atoms with van der Waals surface area (Å²) in [5.41, 5.74) is 1.11. The minimum absolute atomic E-state index is 0.519. The molecule has 1 amide bonds. The molecule has 1 aromatic rings. The first-order valence-corrected chi connectivity index (χ1v) is 4.31. The highest BCUT2D eigenvalue weighted by atomic mass is 35.5. The van der Waals surface area contributed by atoms with Crippen molar-refractivity contribution in [3.05, 3.63) is 34.9 Å². The molecule has 0 aromatic heterocycles. The van der Waals surface area contributed by atoms with Gasteiger partial charge in [0.2, 0.25) is 6.41 Å². The number of benzene rings is 1. The number of halogens is 1. The number of rotatable bonds is 4. The highest BCUT2D eigenvalue weighted by Gasteiger charge is 1.96. The molecule has 70 valence electrons. The van der Waals surface area contributed by atoms with E-state index in [9.17, 15) is 4.79 Å². The van der Waals surface area contributed by atoms with Crippen LogP contribution in [0.2, 0.25) is 5.02 Å². The maximum atomic E-state index is 10.2. The maximum Gasteiger partial charge on any atom is 0.223 e. The molecule has 0 fully saturated rings. The van der Waals surface area contributed by atoms with E-state index in [-0.39, 0.29) is 0 Å². The van der Waals surface area contributed by atoms with Gasteiger partial charge in [0.1, 0.15) is 0 Å². The third-order valence-electron chi connectivity index (χ3n) is 1.71. The summed E-state index contributed by atoms with van der Waals surface area (Å²) in [7, 11) is 0. The molecule has 0 unspecified atom stereocenters.